The molecule has 0 unspecified atom stereocenters. The second-order valence-corrected chi connectivity index (χ2v) is 6.61. The van der Waals surface area contributed by atoms with Gasteiger partial charge in [0.2, 0.25) is 0 Å². The van der Waals surface area contributed by atoms with E-state index in [9.17, 15) is 4.79 Å². The number of nitrogens with one attached hydrogen (secondary N) is 2. The van der Waals surface area contributed by atoms with Gasteiger partial charge in [-0.25, -0.2) is 5.43 Å². The van der Waals surface area contributed by atoms with Crippen LogP contribution in [-0.2, 0) is 4.79 Å². The summed E-state index contributed by atoms with van der Waals surface area (Å²) in [6, 6.07) is 23.8. The summed E-state index contributed by atoms with van der Waals surface area (Å²) in [7, 11) is 0. The minimum Gasteiger partial charge on any atom is -0.373 e. The molecule has 0 aliphatic rings. The molecule has 0 heterocycles. The van der Waals surface area contributed by atoms with Gasteiger partial charge in [-0.15, -0.1) is 0 Å². The molecular weight excluding hydrogens is 346 g/mol. The number of rotatable bonds is 7. The maximum absolute atomic E-state index is 12.6. The zero-order valence-electron chi connectivity index (χ0n) is 16.2. The lowest BCUT2D eigenvalue weighted by atomic mass is 10.1. The van der Waals surface area contributed by atoms with Crippen LogP contribution in [0.25, 0.3) is 16.8 Å². The summed E-state index contributed by atoms with van der Waals surface area (Å²) in [5, 5.41) is 9.80. The lowest BCUT2D eigenvalue weighted by Gasteiger charge is -2.18. The van der Waals surface area contributed by atoms with Crippen molar-refractivity contribution in [3.05, 3.63) is 84.4 Å². The fourth-order valence-corrected chi connectivity index (χ4v) is 2.93. The highest BCUT2D eigenvalue weighted by atomic mass is 16.2. The minimum atomic E-state index is -0.361. The smallest absolute Gasteiger partial charge is 0.262 e. The van der Waals surface area contributed by atoms with Crippen molar-refractivity contribution in [3.8, 4) is 0 Å². The molecule has 0 fully saturated rings. The number of nitrogens with zero attached hydrogens (tertiary/aromatic N) is 1. The fourth-order valence-electron chi connectivity index (χ4n) is 2.93. The molecule has 1 amide bonds. The largest absolute Gasteiger partial charge is 0.373 e. The van der Waals surface area contributed by atoms with Gasteiger partial charge in [-0.05, 0) is 36.4 Å². The van der Waals surface area contributed by atoms with Gasteiger partial charge in [-0.3, -0.25) is 4.79 Å². The highest BCUT2D eigenvalue weighted by Crippen LogP contribution is 2.24. The van der Waals surface area contributed by atoms with Crippen molar-refractivity contribution in [1.82, 2.24) is 5.43 Å². The summed E-state index contributed by atoms with van der Waals surface area (Å²) in [6.45, 7) is 3.84. The van der Waals surface area contributed by atoms with Crippen LogP contribution in [0.3, 0.4) is 0 Å². The van der Waals surface area contributed by atoms with Crippen LogP contribution >= 0.6 is 0 Å². The number of amides is 1. The van der Waals surface area contributed by atoms with E-state index in [1.165, 1.54) is 0 Å². The molecule has 0 bridgehead atoms. The van der Waals surface area contributed by atoms with Crippen LogP contribution in [0.1, 0.15) is 25.8 Å². The Bertz CT molecular complexity index is 988. The number of hydrogen-bond donors (Lipinski definition) is 2. The lowest BCUT2D eigenvalue weighted by Crippen LogP contribution is -2.37. The second kappa shape index (κ2) is 9.51. The molecular formula is C24H25N3O. The molecule has 28 heavy (non-hydrogen) atoms. The third-order valence-corrected chi connectivity index (χ3v) is 4.50. The van der Waals surface area contributed by atoms with Gasteiger partial charge in [-0.1, -0.05) is 79.7 Å². The topological polar surface area (TPSA) is 53.5 Å². The molecule has 142 valence electrons. The van der Waals surface area contributed by atoms with Crippen LogP contribution in [0.2, 0.25) is 0 Å². The van der Waals surface area contributed by atoms with E-state index in [1.54, 1.807) is 0 Å². The van der Waals surface area contributed by atoms with Gasteiger partial charge in [0.25, 0.3) is 5.91 Å². The third-order valence-electron chi connectivity index (χ3n) is 4.50. The average Bonchev–Trinajstić information content (AvgIpc) is 2.75. The van der Waals surface area contributed by atoms with Crippen molar-refractivity contribution in [2.75, 3.05) is 5.32 Å². The Hall–Kier alpha value is -3.40. The van der Waals surface area contributed by atoms with Crippen molar-refractivity contribution in [1.29, 1.82) is 0 Å². The summed E-state index contributed by atoms with van der Waals surface area (Å²) in [5.74, 6) is -0.150. The van der Waals surface area contributed by atoms with Crippen LogP contribution in [0.15, 0.2) is 84.0 Å². The van der Waals surface area contributed by atoms with Crippen LogP contribution < -0.4 is 10.7 Å². The molecule has 4 heteroatoms. The van der Waals surface area contributed by atoms with E-state index >= 15 is 0 Å². The highest BCUT2D eigenvalue weighted by molar-refractivity contribution is 5.98. The highest BCUT2D eigenvalue weighted by Gasteiger charge is 2.16. The molecule has 0 saturated carbocycles. The van der Waals surface area contributed by atoms with E-state index in [1.807, 2.05) is 80.6 Å². The van der Waals surface area contributed by atoms with E-state index in [4.69, 9.17) is 0 Å². The van der Waals surface area contributed by atoms with Crippen molar-refractivity contribution in [2.24, 2.45) is 5.10 Å². The standard InChI is InChI=1S/C24H25N3O/c1-3-22(25-23-15-9-13-20-12-7-8-14-21(20)23)24(28)27-26-18(2)16-17-19-10-5-4-6-11-19/h4-17,22,25H,3H2,1-2H3,(H,27,28)/b17-16+,26-18?/t22-/m1/s1. The van der Waals surface area contributed by atoms with Crippen LogP contribution in [0.4, 0.5) is 5.69 Å². The first-order valence-electron chi connectivity index (χ1n) is 9.49. The van der Waals surface area contributed by atoms with Crippen molar-refractivity contribution >= 4 is 34.2 Å². The number of carbonyl (C=O) groups is 1. The monoisotopic (exact) mass is 371 g/mol. The molecule has 0 spiro atoms. The Balaban J connectivity index is 1.65. The number of anilines is 1. The SMILES string of the molecule is CC[C@@H](Nc1cccc2ccccc12)C(=O)NN=C(C)/C=C/c1ccccc1. The van der Waals surface area contributed by atoms with Crippen molar-refractivity contribution < 1.29 is 4.79 Å². The summed E-state index contributed by atoms with van der Waals surface area (Å²) in [4.78, 5) is 12.6. The molecule has 4 nitrogen and oxygen atoms in total. The van der Waals surface area contributed by atoms with Crippen molar-refractivity contribution in [2.45, 2.75) is 26.3 Å². The predicted molar refractivity (Wildman–Crippen MR) is 118 cm³/mol. The van der Waals surface area contributed by atoms with Crippen molar-refractivity contribution in [3.63, 3.8) is 0 Å². The minimum absolute atomic E-state index is 0.150. The molecule has 0 aliphatic carbocycles. The van der Waals surface area contributed by atoms with Gasteiger partial charge in [0, 0.05) is 11.1 Å². The zero-order valence-corrected chi connectivity index (χ0v) is 16.2. The molecule has 3 aromatic carbocycles. The van der Waals surface area contributed by atoms with Gasteiger partial charge >= 0.3 is 0 Å². The number of benzene rings is 3. The first kappa shape index (κ1) is 19.4. The summed E-state index contributed by atoms with van der Waals surface area (Å²) in [6.07, 6.45) is 4.51. The van der Waals surface area contributed by atoms with Gasteiger partial charge in [-0.2, -0.15) is 5.10 Å². The molecule has 0 aliphatic heterocycles. The maximum atomic E-state index is 12.6. The third kappa shape index (κ3) is 5.07. The number of fused-ring (bicyclic) bond motifs is 1. The lowest BCUT2D eigenvalue weighted by molar-refractivity contribution is -0.121. The summed E-state index contributed by atoms with van der Waals surface area (Å²) >= 11 is 0. The molecule has 3 aromatic rings. The molecule has 0 aromatic heterocycles. The zero-order chi connectivity index (χ0) is 19.8. The normalized spacial score (nSPS) is 12.9. The van der Waals surface area contributed by atoms with Crippen LogP contribution in [-0.4, -0.2) is 17.7 Å². The molecule has 0 radical (unpaired) electrons. The number of carbonyl (C=O) groups excluding carboxylic acids is 1. The number of hydrazone groups is 1. The maximum Gasteiger partial charge on any atom is 0.262 e. The van der Waals surface area contributed by atoms with Crippen LogP contribution in [0.5, 0.6) is 0 Å². The Morgan fingerprint density at radius 2 is 1.71 bits per heavy atom. The Kier molecular flexibility index (Phi) is 6.58. The Morgan fingerprint density at radius 3 is 2.50 bits per heavy atom. The van der Waals surface area contributed by atoms with Gasteiger partial charge in [0.15, 0.2) is 0 Å². The van der Waals surface area contributed by atoms with Gasteiger partial charge in [0.05, 0.1) is 5.71 Å². The summed E-state index contributed by atoms with van der Waals surface area (Å²) in [5.41, 5.74) is 5.45. The predicted octanol–water partition coefficient (Wildman–Crippen LogP) is 5.24. The molecule has 0 saturated heterocycles. The van der Waals surface area contributed by atoms with E-state index in [0.29, 0.717) is 6.42 Å². The molecule has 2 N–H and O–H groups in total. The van der Waals surface area contributed by atoms with E-state index in [0.717, 1.165) is 27.7 Å². The first-order chi connectivity index (χ1) is 13.7. The first-order valence-corrected chi connectivity index (χ1v) is 9.49. The van der Waals surface area contributed by atoms with Gasteiger partial charge < -0.3 is 5.32 Å². The average molecular weight is 371 g/mol. The van der Waals surface area contributed by atoms with Crippen LogP contribution in [0, 0.1) is 0 Å². The molecule has 1 atom stereocenters. The quantitative estimate of drug-likeness (QED) is 0.441. The number of hydrogen-bond acceptors (Lipinski definition) is 3. The van der Waals surface area contributed by atoms with E-state index in [2.05, 4.69) is 34.0 Å². The van der Waals surface area contributed by atoms with E-state index < -0.39 is 0 Å². The number of allylic oxidation sites excluding steroid dienone is 1. The Morgan fingerprint density at radius 1 is 1.00 bits per heavy atom. The van der Waals surface area contributed by atoms with Gasteiger partial charge in [0.1, 0.15) is 6.04 Å². The molecule has 3 rings (SSSR count). The summed E-state index contributed by atoms with van der Waals surface area (Å²) < 4.78 is 0. The Labute approximate surface area is 166 Å². The van der Waals surface area contributed by atoms with E-state index in [-0.39, 0.29) is 11.9 Å². The second-order valence-electron chi connectivity index (χ2n) is 6.61. The fraction of sp³-hybridized carbons (Fsp3) is 0.167.